The number of allylic oxidation sites excluding steroid dienone is 6. The monoisotopic (exact) mass is 1050 g/mol. The van der Waals surface area contributed by atoms with Gasteiger partial charge in [0.25, 0.3) is 40.4 Å². The molecular formula is C47H47N6O12S5+. The fraction of sp³-hybridized carbons (Fsp3) is 0.255. The lowest BCUT2D eigenvalue weighted by Crippen LogP contribution is -2.27. The van der Waals surface area contributed by atoms with E-state index in [4.69, 9.17) is 10.1 Å². The van der Waals surface area contributed by atoms with E-state index >= 15 is 0 Å². The SMILES string of the molecule is CCN1/C(=C/C=C(/C=C/C2=[N+](CC)c3ccc4c(C)cc(S(=O)(=O)O)cc4c3C2(C)C)c2ccc(C(=O)Cc3nnc(S(N)(=O)=O)s3)cn2)C(C)(C)c2c1ccc1c(S(=O)(=O)O)cc(S(=O)(=O)O)cc21. The molecule has 23 heteroatoms. The van der Waals surface area contributed by atoms with Crippen LogP contribution in [0.2, 0.25) is 0 Å². The van der Waals surface area contributed by atoms with Crippen molar-refractivity contribution in [1.82, 2.24) is 15.2 Å². The smallest absolute Gasteiger partial charge is 0.295 e. The first kappa shape index (κ1) is 50.5. The Labute approximate surface area is 408 Å². The molecule has 0 aliphatic carbocycles. The molecular weight excluding hydrogens is 1000 g/mol. The van der Waals surface area contributed by atoms with Gasteiger partial charge in [0.2, 0.25) is 10.0 Å². The standard InChI is InChI=1S/C47H46N6O12S5/c1-8-52-36-16-13-31-26(3)20-29(68(57,58)59)21-33(31)43(36)46(4,5)40(52)18-11-27(35-15-10-28(25-49-35)38(54)24-42-50-51-45(66-42)67(48,55)56)12-19-41-47(6,7)44-34-22-30(69(60,61)62)23-39(70(63,64)65)32(34)14-17-37(44)53(41)9-2/h10-23,25H,8-9,24H2,1-7H3,(H4-,48,55,56,57,58,59,60,61,62,63,64,65)/p+1. The number of hydrogen-bond donors (Lipinski definition) is 4. The zero-order valence-electron chi connectivity index (χ0n) is 38.7. The predicted octanol–water partition coefficient (Wildman–Crippen LogP) is 7.10. The Morgan fingerprint density at radius 1 is 0.786 bits per heavy atom. The zero-order valence-corrected chi connectivity index (χ0v) is 42.7. The summed E-state index contributed by atoms with van der Waals surface area (Å²) < 4.78 is 131. The summed E-state index contributed by atoms with van der Waals surface area (Å²) in [6.07, 6.45) is 8.59. The van der Waals surface area contributed by atoms with Crippen LogP contribution in [0.25, 0.3) is 27.1 Å². The topological polar surface area (TPSA) is 285 Å². The number of pyridine rings is 1. The number of carbonyl (C=O) groups is 1. The number of benzene rings is 4. The highest BCUT2D eigenvalue weighted by Gasteiger charge is 2.46. The predicted molar refractivity (Wildman–Crippen MR) is 265 cm³/mol. The Kier molecular flexibility index (Phi) is 12.6. The van der Waals surface area contributed by atoms with Crippen LogP contribution in [0, 0.1) is 6.92 Å². The van der Waals surface area contributed by atoms with E-state index in [-0.39, 0.29) is 32.7 Å². The number of rotatable bonds is 13. The van der Waals surface area contributed by atoms with Gasteiger partial charge in [0.15, 0.2) is 11.5 Å². The van der Waals surface area contributed by atoms with E-state index in [1.807, 2.05) is 82.9 Å². The lowest BCUT2D eigenvalue weighted by atomic mass is 9.78. The number of hydrogen-bond acceptors (Lipinski definition) is 14. The molecule has 8 rings (SSSR count). The minimum absolute atomic E-state index is 0.0443. The van der Waals surface area contributed by atoms with Gasteiger partial charge in [-0.3, -0.25) is 23.4 Å². The minimum Gasteiger partial charge on any atom is -0.344 e. The van der Waals surface area contributed by atoms with Gasteiger partial charge in [0.05, 0.1) is 27.3 Å². The Morgan fingerprint density at radius 3 is 2.00 bits per heavy atom. The number of aryl methyl sites for hydroxylation is 1. The quantitative estimate of drug-likeness (QED) is 0.0388. The molecule has 4 heterocycles. The van der Waals surface area contributed by atoms with Crippen molar-refractivity contribution in [2.45, 2.75) is 84.7 Å². The third-order valence-corrected chi connectivity index (χ3v) is 17.6. The largest absolute Gasteiger partial charge is 0.344 e. The van der Waals surface area contributed by atoms with Gasteiger partial charge in [-0.15, -0.1) is 10.2 Å². The second-order valence-corrected chi connectivity index (χ2v) is 24.9. The van der Waals surface area contributed by atoms with Crippen molar-refractivity contribution >= 4 is 102 Å². The van der Waals surface area contributed by atoms with E-state index in [1.165, 1.54) is 30.5 Å². The van der Waals surface area contributed by atoms with E-state index < -0.39 is 71.1 Å². The molecule has 366 valence electrons. The first-order chi connectivity index (χ1) is 32.5. The van der Waals surface area contributed by atoms with Gasteiger partial charge in [-0.25, -0.2) is 13.6 Å². The Balaban J connectivity index is 1.28. The van der Waals surface area contributed by atoms with Crippen molar-refractivity contribution in [3.63, 3.8) is 0 Å². The average Bonchev–Trinajstić information content (AvgIpc) is 3.90. The van der Waals surface area contributed by atoms with Gasteiger partial charge >= 0.3 is 0 Å². The molecule has 18 nitrogen and oxygen atoms in total. The number of nitrogens with zero attached hydrogens (tertiary/aromatic N) is 5. The number of primary sulfonamides is 1. The number of Topliss-reactive ketones (excluding diaryl/α,β-unsaturated/α-hetero) is 1. The van der Waals surface area contributed by atoms with Crippen molar-refractivity contribution in [2.75, 3.05) is 18.0 Å². The molecule has 0 spiro atoms. The first-order valence-corrected chi connectivity index (χ1v) is 28.2. The molecule has 6 aromatic rings. The highest BCUT2D eigenvalue weighted by Crippen LogP contribution is 2.52. The van der Waals surface area contributed by atoms with Crippen molar-refractivity contribution in [3.05, 3.63) is 130 Å². The number of fused-ring (bicyclic) bond motifs is 6. The fourth-order valence-electron chi connectivity index (χ4n) is 9.64. The summed E-state index contributed by atoms with van der Waals surface area (Å²) in [6.45, 7) is 14.4. The van der Waals surface area contributed by atoms with Crippen molar-refractivity contribution < 1.29 is 56.7 Å². The van der Waals surface area contributed by atoms with Crippen LogP contribution in [0.5, 0.6) is 0 Å². The van der Waals surface area contributed by atoms with Gasteiger partial charge in [-0.2, -0.15) is 29.8 Å². The van der Waals surface area contributed by atoms with Crippen LogP contribution in [-0.2, 0) is 57.6 Å². The summed E-state index contributed by atoms with van der Waals surface area (Å²) >= 11 is 0.684. The molecule has 0 unspecified atom stereocenters. The van der Waals surface area contributed by atoms with Crippen LogP contribution < -0.4 is 10.0 Å². The number of ketones is 1. The Bertz CT molecular complexity index is 3860. The Morgan fingerprint density at radius 2 is 1.43 bits per heavy atom. The molecule has 0 radical (unpaired) electrons. The summed E-state index contributed by atoms with van der Waals surface area (Å²) in [4.78, 5) is 18.5. The molecule has 4 aromatic carbocycles. The summed E-state index contributed by atoms with van der Waals surface area (Å²) in [5, 5.41) is 14.4. The van der Waals surface area contributed by atoms with Crippen LogP contribution in [0.15, 0.2) is 116 Å². The van der Waals surface area contributed by atoms with Gasteiger partial charge in [-0.1, -0.05) is 37.3 Å². The Hall–Kier alpha value is -5.89. The number of carbonyl (C=O) groups excluding carboxylic acids is 1. The maximum atomic E-state index is 13.4. The molecule has 0 amide bonds. The minimum atomic E-state index is -4.97. The fourth-order valence-corrected chi connectivity index (χ4v) is 13.0. The molecule has 0 fully saturated rings. The number of nitrogens with two attached hydrogens (primary N) is 1. The van der Waals surface area contributed by atoms with Gasteiger partial charge in [0, 0.05) is 63.8 Å². The third kappa shape index (κ3) is 8.94. The average molecular weight is 1050 g/mol. The highest BCUT2D eigenvalue weighted by atomic mass is 32.2. The molecule has 0 bridgehead atoms. The van der Waals surface area contributed by atoms with Gasteiger partial charge < -0.3 is 4.90 Å². The normalized spacial score (nSPS) is 16.8. The third-order valence-electron chi connectivity index (χ3n) is 12.8. The zero-order chi connectivity index (χ0) is 51.3. The number of likely N-dealkylation sites (N-methyl/N-ethyl adjacent to an activating group) is 1. The molecule has 2 aromatic heterocycles. The van der Waals surface area contributed by atoms with Crippen LogP contribution in [0.3, 0.4) is 0 Å². The van der Waals surface area contributed by atoms with Crippen molar-refractivity contribution in [3.8, 4) is 0 Å². The maximum absolute atomic E-state index is 13.4. The number of anilines is 1. The van der Waals surface area contributed by atoms with E-state index in [9.17, 15) is 52.1 Å². The van der Waals surface area contributed by atoms with Crippen LogP contribution >= 0.6 is 11.3 Å². The highest BCUT2D eigenvalue weighted by molar-refractivity contribution is 7.91. The second kappa shape index (κ2) is 17.5. The van der Waals surface area contributed by atoms with Crippen LogP contribution in [0.1, 0.15) is 79.3 Å². The number of sulfonamides is 1. The summed E-state index contributed by atoms with van der Waals surface area (Å²) in [5.41, 5.74) is 4.53. The maximum Gasteiger partial charge on any atom is 0.295 e. The van der Waals surface area contributed by atoms with E-state index in [0.29, 0.717) is 69.7 Å². The lowest BCUT2D eigenvalue weighted by Gasteiger charge is -2.26. The van der Waals surface area contributed by atoms with Gasteiger partial charge in [0.1, 0.15) is 16.4 Å². The van der Waals surface area contributed by atoms with E-state index in [0.717, 1.165) is 22.3 Å². The second-order valence-electron chi connectivity index (χ2n) is 17.9. The molecule has 2 aliphatic rings. The molecule has 0 saturated heterocycles. The lowest BCUT2D eigenvalue weighted by molar-refractivity contribution is -0.433. The molecule has 5 N–H and O–H groups in total. The summed E-state index contributed by atoms with van der Waals surface area (Å²) in [7, 11) is -18.6. The van der Waals surface area contributed by atoms with Crippen molar-refractivity contribution in [2.24, 2.45) is 5.14 Å². The first-order valence-electron chi connectivity index (χ1n) is 21.5. The molecule has 70 heavy (non-hydrogen) atoms. The summed E-state index contributed by atoms with van der Waals surface area (Å²) in [6, 6.07) is 15.1. The summed E-state index contributed by atoms with van der Waals surface area (Å²) in [5.74, 6) is -0.413. The molecule has 0 atom stereocenters. The van der Waals surface area contributed by atoms with Gasteiger partial charge in [-0.05, 0) is 123 Å². The van der Waals surface area contributed by atoms with E-state index in [1.54, 1.807) is 25.1 Å². The molecule has 2 aliphatic heterocycles. The van der Waals surface area contributed by atoms with E-state index in [2.05, 4.69) is 14.8 Å². The number of aromatic nitrogens is 3. The van der Waals surface area contributed by atoms with Crippen molar-refractivity contribution in [1.29, 1.82) is 0 Å². The van der Waals surface area contributed by atoms with Crippen LogP contribution in [-0.4, -0.2) is 91.7 Å². The van der Waals surface area contributed by atoms with Crippen LogP contribution in [0.4, 0.5) is 11.4 Å². The molecule has 0 saturated carbocycles.